The fourth-order valence-electron chi connectivity index (χ4n) is 4.77. The minimum Gasteiger partial charge on any atom is -0.356 e. The van der Waals surface area contributed by atoms with Gasteiger partial charge in [-0.1, -0.05) is 19.3 Å². The van der Waals surface area contributed by atoms with Crippen LogP contribution in [0.15, 0.2) is 12.4 Å². The third-order valence-corrected chi connectivity index (χ3v) is 6.12. The van der Waals surface area contributed by atoms with Gasteiger partial charge in [-0.2, -0.15) is 13.2 Å². The van der Waals surface area contributed by atoms with Gasteiger partial charge in [0.05, 0.1) is 0 Å². The van der Waals surface area contributed by atoms with Crippen LogP contribution in [-0.2, 0) is 6.18 Å². The first kappa shape index (κ1) is 17.1. The van der Waals surface area contributed by atoms with Crippen molar-refractivity contribution in [3.63, 3.8) is 0 Å². The summed E-state index contributed by atoms with van der Waals surface area (Å²) < 4.78 is 38.5. The summed E-state index contributed by atoms with van der Waals surface area (Å²) in [6.45, 7) is 3.87. The Bertz CT molecular complexity index is 600. The van der Waals surface area contributed by atoms with Crippen LogP contribution in [0.2, 0.25) is 0 Å². The monoisotopic (exact) mass is 354 g/mol. The first-order chi connectivity index (χ1) is 12.0. The molecule has 2 aliphatic heterocycles. The first-order valence-electron chi connectivity index (χ1n) is 9.39. The van der Waals surface area contributed by atoms with Crippen molar-refractivity contribution in [2.45, 2.75) is 50.7 Å². The van der Waals surface area contributed by atoms with E-state index >= 15 is 0 Å². The van der Waals surface area contributed by atoms with Gasteiger partial charge in [0.25, 0.3) is 0 Å². The first-order valence-corrected chi connectivity index (χ1v) is 9.39. The number of hydrogen-bond acceptors (Lipinski definition) is 4. The van der Waals surface area contributed by atoms with Gasteiger partial charge in [0.2, 0.25) is 0 Å². The van der Waals surface area contributed by atoms with Crippen LogP contribution in [0.4, 0.5) is 19.0 Å². The highest BCUT2D eigenvalue weighted by Crippen LogP contribution is 2.37. The third-order valence-electron chi connectivity index (χ3n) is 6.12. The average molecular weight is 354 g/mol. The maximum atomic E-state index is 12.8. The largest absolute Gasteiger partial charge is 0.433 e. The molecule has 4 rings (SSSR count). The molecule has 0 N–H and O–H groups in total. The summed E-state index contributed by atoms with van der Waals surface area (Å²) in [6, 6.07) is 1.70. The van der Waals surface area contributed by atoms with E-state index in [4.69, 9.17) is 0 Å². The van der Waals surface area contributed by atoms with Crippen LogP contribution < -0.4 is 4.90 Å². The Morgan fingerprint density at radius 3 is 2.56 bits per heavy atom. The molecule has 3 fully saturated rings. The topological polar surface area (TPSA) is 32.3 Å². The zero-order chi connectivity index (χ0) is 17.4. The number of nitrogens with zero attached hydrogens (tertiary/aromatic N) is 4. The van der Waals surface area contributed by atoms with Gasteiger partial charge in [-0.15, -0.1) is 0 Å². The second kappa shape index (κ2) is 6.74. The van der Waals surface area contributed by atoms with E-state index in [0.29, 0.717) is 17.8 Å². The van der Waals surface area contributed by atoms with E-state index in [0.717, 1.165) is 44.4 Å². The fraction of sp³-hybridized carbons (Fsp3) is 0.778. The molecule has 7 heteroatoms. The van der Waals surface area contributed by atoms with Gasteiger partial charge in [-0.3, -0.25) is 4.90 Å². The highest BCUT2D eigenvalue weighted by molar-refractivity contribution is 5.40. The minimum atomic E-state index is -4.41. The third kappa shape index (κ3) is 3.61. The molecule has 4 nitrogen and oxygen atoms in total. The second-order valence-corrected chi connectivity index (χ2v) is 7.78. The van der Waals surface area contributed by atoms with Crippen LogP contribution in [-0.4, -0.2) is 47.1 Å². The summed E-state index contributed by atoms with van der Waals surface area (Å²) in [7, 11) is 0. The molecular weight excluding hydrogens is 329 g/mol. The molecule has 3 heterocycles. The molecule has 138 valence electrons. The normalized spacial score (nSPS) is 28.5. The molecule has 0 unspecified atom stereocenters. The van der Waals surface area contributed by atoms with Crippen molar-refractivity contribution < 1.29 is 13.2 Å². The van der Waals surface area contributed by atoms with E-state index in [-0.39, 0.29) is 0 Å². The second-order valence-electron chi connectivity index (χ2n) is 7.78. The molecule has 1 saturated carbocycles. The lowest BCUT2D eigenvalue weighted by Crippen LogP contribution is -2.64. The number of likely N-dealkylation sites (tertiary alicyclic amines) is 1. The molecule has 25 heavy (non-hydrogen) atoms. The molecular formula is C18H25F3N4. The SMILES string of the molecule is FC(F)(F)c1cc(N2CC[C@H]3[C@@H](C2)CN3CC2CCCCC2)ncn1. The molecule has 0 spiro atoms. The van der Waals surface area contributed by atoms with E-state index in [9.17, 15) is 13.2 Å². The summed E-state index contributed by atoms with van der Waals surface area (Å²) in [5, 5.41) is 0. The number of halogens is 3. The van der Waals surface area contributed by atoms with Crippen LogP contribution in [0.5, 0.6) is 0 Å². The summed E-state index contributed by atoms with van der Waals surface area (Å²) >= 11 is 0. The van der Waals surface area contributed by atoms with Gasteiger partial charge in [0.15, 0.2) is 0 Å². The summed E-state index contributed by atoms with van der Waals surface area (Å²) in [5.74, 6) is 1.82. The maximum Gasteiger partial charge on any atom is 0.433 e. The standard InChI is InChI=1S/C18H25F3N4/c19-18(20,21)16-8-17(23-12-22-16)24-7-6-15-14(10-24)11-25(15)9-13-4-2-1-3-5-13/h8,12-15H,1-7,9-11H2/t14-,15-/m0/s1. The molecule has 0 bridgehead atoms. The van der Waals surface area contributed by atoms with Crippen LogP contribution in [0.3, 0.4) is 0 Å². The minimum absolute atomic E-state index is 0.409. The average Bonchev–Trinajstić information content (AvgIpc) is 2.60. The van der Waals surface area contributed by atoms with E-state index in [2.05, 4.69) is 14.9 Å². The van der Waals surface area contributed by atoms with Gasteiger partial charge in [0.1, 0.15) is 17.8 Å². The van der Waals surface area contributed by atoms with E-state index < -0.39 is 11.9 Å². The van der Waals surface area contributed by atoms with Crippen molar-refractivity contribution in [2.24, 2.45) is 11.8 Å². The lowest BCUT2D eigenvalue weighted by atomic mass is 9.80. The quantitative estimate of drug-likeness (QED) is 0.830. The number of alkyl halides is 3. The number of fused-ring (bicyclic) bond motifs is 1. The summed E-state index contributed by atoms with van der Waals surface area (Å²) in [4.78, 5) is 12.0. The van der Waals surface area contributed by atoms with E-state index in [1.54, 1.807) is 0 Å². The van der Waals surface area contributed by atoms with Crippen LogP contribution in [0.1, 0.15) is 44.2 Å². The molecule has 1 aromatic rings. The molecule has 3 aliphatic rings. The predicted octanol–water partition coefficient (Wildman–Crippen LogP) is 3.59. The molecule has 1 aliphatic carbocycles. The van der Waals surface area contributed by atoms with Gasteiger partial charge in [-0.05, 0) is 25.2 Å². The number of hydrogen-bond donors (Lipinski definition) is 0. The van der Waals surface area contributed by atoms with Crippen molar-refractivity contribution in [1.29, 1.82) is 0 Å². The summed E-state index contributed by atoms with van der Waals surface area (Å²) in [5.41, 5.74) is -0.854. The van der Waals surface area contributed by atoms with E-state index in [1.165, 1.54) is 38.6 Å². The zero-order valence-electron chi connectivity index (χ0n) is 14.4. The van der Waals surface area contributed by atoms with Gasteiger partial charge in [0, 0.05) is 44.2 Å². The fourth-order valence-corrected chi connectivity index (χ4v) is 4.77. The molecule has 0 amide bonds. The molecule has 1 aromatic heterocycles. The molecule has 0 aromatic carbocycles. The van der Waals surface area contributed by atoms with Crippen LogP contribution >= 0.6 is 0 Å². The Kier molecular flexibility index (Phi) is 4.60. The Morgan fingerprint density at radius 1 is 1.04 bits per heavy atom. The number of anilines is 1. The maximum absolute atomic E-state index is 12.8. The van der Waals surface area contributed by atoms with Crippen molar-refractivity contribution in [1.82, 2.24) is 14.9 Å². The van der Waals surface area contributed by atoms with Crippen LogP contribution in [0.25, 0.3) is 0 Å². The molecule has 2 saturated heterocycles. The van der Waals surface area contributed by atoms with Crippen molar-refractivity contribution in [3.05, 3.63) is 18.1 Å². The van der Waals surface area contributed by atoms with Crippen molar-refractivity contribution >= 4 is 5.82 Å². The Morgan fingerprint density at radius 2 is 1.84 bits per heavy atom. The zero-order valence-corrected chi connectivity index (χ0v) is 14.4. The Balaban J connectivity index is 1.34. The summed E-state index contributed by atoms with van der Waals surface area (Å²) in [6.07, 6.45) is 4.48. The van der Waals surface area contributed by atoms with Crippen LogP contribution in [0, 0.1) is 11.8 Å². The lowest BCUT2D eigenvalue weighted by Gasteiger charge is -2.54. The van der Waals surface area contributed by atoms with Gasteiger partial charge >= 0.3 is 6.18 Å². The smallest absolute Gasteiger partial charge is 0.356 e. The van der Waals surface area contributed by atoms with Gasteiger partial charge in [-0.25, -0.2) is 9.97 Å². The highest BCUT2D eigenvalue weighted by atomic mass is 19.4. The highest BCUT2D eigenvalue weighted by Gasteiger charge is 2.43. The molecule has 0 radical (unpaired) electrons. The number of aromatic nitrogens is 2. The van der Waals surface area contributed by atoms with Gasteiger partial charge < -0.3 is 4.90 Å². The number of rotatable bonds is 3. The van der Waals surface area contributed by atoms with E-state index in [1.807, 2.05) is 4.90 Å². The van der Waals surface area contributed by atoms with Crippen molar-refractivity contribution in [3.8, 4) is 0 Å². The number of piperidine rings is 1. The predicted molar refractivity (Wildman–Crippen MR) is 89.3 cm³/mol. The van der Waals surface area contributed by atoms with Crippen molar-refractivity contribution in [2.75, 3.05) is 31.1 Å². The molecule has 2 atom stereocenters. The Labute approximate surface area is 146 Å². The Hall–Kier alpha value is -1.37. The lowest BCUT2D eigenvalue weighted by molar-refractivity contribution is -0.141.